The lowest BCUT2D eigenvalue weighted by molar-refractivity contribution is 0.0498. The number of hydrogen-bond acceptors (Lipinski definition) is 4. The monoisotopic (exact) mass is 432 g/mol. The second-order valence-corrected chi connectivity index (χ2v) is 7.03. The molecular weight excluding hydrogens is 410 g/mol. The van der Waals surface area contributed by atoms with Crippen molar-refractivity contribution in [3.8, 4) is 0 Å². The van der Waals surface area contributed by atoms with Crippen LogP contribution in [0.1, 0.15) is 84.6 Å². The number of carbonyl (C=O) groups excluding carboxylic acids is 2. The first-order chi connectivity index (χ1) is 12.4. The maximum absolute atomic E-state index is 15.4. The predicted molar refractivity (Wildman–Crippen MR) is 96.4 cm³/mol. The fourth-order valence-corrected chi connectivity index (χ4v) is 3.95. The number of benzene rings is 1. The molecule has 1 aliphatic carbocycles. The van der Waals surface area contributed by atoms with Crippen molar-refractivity contribution in [2.24, 2.45) is 0 Å². The van der Waals surface area contributed by atoms with Crippen LogP contribution in [0.15, 0.2) is 4.47 Å². The summed E-state index contributed by atoms with van der Waals surface area (Å²) in [6, 6.07) is 0. The first-order valence-corrected chi connectivity index (χ1v) is 9.77. The van der Waals surface area contributed by atoms with E-state index in [1.165, 1.54) is 0 Å². The van der Waals surface area contributed by atoms with Gasteiger partial charge in [0.05, 0.1) is 17.7 Å². The summed E-state index contributed by atoms with van der Waals surface area (Å²) in [5, 5.41) is 0. The summed E-state index contributed by atoms with van der Waals surface area (Å²) in [5.74, 6) is -4.09. The zero-order chi connectivity index (χ0) is 19.3. The maximum Gasteiger partial charge on any atom is 0.342 e. The number of halogens is 3. The first-order valence-electron chi connectivity index (χ1n) is 8.98. The van der Waals surface area contributed by atoms with Gasteiger partial charge < -0.3 is 9.47 Å². The quantitative estimate of drug-likeness (QED) is 0.349. The molecule has 0 bridgehead atoms. The summed E-state index contributed by atoms with van der Waals surface area (Å²) in [6.45, 7) is 3.25. The van der Waals surface area contributed by atoms with Crippen LogP contribution < -0.4 is 0 Å². The minimum atomic E-state index is -0.979. The second kappa shape index (κ2) is 9.44. The first kappa shape index (κ1) is 20.8. The van der Waals surface area contributed by atoms with Gasteiger partial charge in [0.25, 0.3) is 0 Å². The Hall–Kier alpha value is -1.50. The van der Waals surface area contributed by atoms with Gasteiger partial charge in [-0.3, -0.25) is 0 Å². The molecule has 144 valence electrons. The summed E-state index contributed by atoms with van der Waals surface area (Å²) in [5.41, 5.74) is -0.984. The van der Waals surface area contributed by atoms with Crippen molar-refractivity contribution in [1.29, 1.82) is 0 Å². The van der Waals surface area contributed by atoms with Crippen LogP contribution in [0.25, 0.3) is 0 Å². The van der Waals surface area contributed by atoms with Crippen LogP contribution in [-0.4, -0.2) is 25.2 Å². The Morgan fingerprint density at radius 3 is 1.92 bits per heavy atom. The maximum atomic E-state index is 15.4. The van der Waals surface area contributed by atoms with Gasteiger partial charge in [0.2, 0.25) is 0 Å². The molecule has 0 aliphatic heterocycles. The third-order valence-corrected chi connectivity index (χ3v) is 5.32. The van der Waals surface area contributed by atoms with E-state index in [4.69, 9.17) is 9.47 Å². The molecule has 0 saturated heterocycles. The Morgan fingerprint density at radius 2 is 1.42 bits per heavy atom. The van der Waals surface area contributed by atoms with Crippen LogP contribution >= 0.6 is 15.9 Å². The highest BCUT2D eigenvalue weighted by Crippen LogP contribution is 2.40. The molecule has 4 nitrogen and oxygen atoms in total. The van der Waals surface area contributed by atoms with Crippen LogP contribution in [0.2, 0.25) is 0 Å². The minimum absolute atomic E-state index is 0.0325. The zero-order valence-corrected chi connectivity index (χ0v) is 16.6. The van der Waals surface area contributed by atoms with E-state index in [1.54, 1.807) is 13.8 Å². The Labute approximate surface area is 160 Å². The van der Waals surface area contributed by atoms with Crippen LogP contribution in [0, 0.1) is 11.6 Å². The lowest BCUT2D eigenvalue weighted by Gasteiger charge is -2.22. The van der Waals surface area contributed by atoms with E-state index in [0.29, 0.717) is 12.8 Å². The summed E-state index contributed by atoms with van der Waals surface area (Å²) >= 11 is 2.92. The normalized spacial score (nSPS) is 15.4. The van der Waals surface area contributed by atoms with Crippen molar-refractivity contribution in [1.82, 2.24) is 0 Å². The fourth-order valence-electron chi connectivity index (χ4n) is 3.42. The van der Waals surface area contributed by atoms with Gasteiger partial charge in [-0.25, -0.2) is 18.4 Å². The molecule has 0 amide bonds. The average Bonchev–Trinajstić information content (AvgIpc) is 2.87. The Balaban J connectivity index is 2.70. The van der Waals surface area contributed by atoms with E-state index in [-0.39, 0.29) is 24.7 Å². The van der Waals surface area contributed by atoms with E-state index in [1.807, 2.05) is 0 Å². The third kappa shape index (κ3) is 4.24. The van der Waals surface area contributed by atoms with Crippen molar-refractivity contribution in [3.05, 3.63) is 32.8 Å². The summed E-state index contributed by atoms with van der Waals surface area (Å²) in [4.78, 5) is 24.5. The molecule has 26 heavy (non-hydrogen) atoms. The number of esters is 2. The smallest absolute Gasteiger partial charge is 0.342 e. The van der Waals surface area contributed by atoms with Gasteiger partial charge in [-0.1, -0.05) is 25.7 Å². The van der Waals surface area contributed by atoms with Gasteiger partial charge in [-0.05, 0) is 48.5 Å². The molecule has 0 N–H and O–H groups in total. The Kier molecular flexibility index (Phi) is 7.55. The molecule has 7 heteroatoms. The second-order valence-electron chi connectivity index (χ2n) is 6.24. The Bertz CT molecular complexity index is 683. The fraction of sp³-hybridized carbons (Fsp3) is 0.579. The molecule has 0 heterocycles. The van der Waals surface area contributed by atoms with Crippen molar-refractivity contribution in [3.63, 3.8) is 0 Å². The Morgan fingerprint density at radius 1 is 0.923 bits per heavy atom. The van der Waals surface area contributed by atoms with Gasteiger partial charge in [0, 0.05) is 5.56 Å². The SMILES string of the molecule is CCOC(=O)c1c(F)c(C2CCCCCC2)c(C(=O)OCC)c(F)c1Br. The van der Waals surface area contributed by atoms with Gasteiger partial charge in [0.1, 0.15) is 16.9 Å². The summed E-state index contributed by atoms with van der Waals surface area (Å²) < 4.78 is 39.8. The zero-order valence-electron chi connectivity index (χ0n) is 15.0. The van der Waals surface area contributed by atoms with Gasteiger partial charge in [-0.15, -0.1) is 0 Å². The van der Waals surface area contributed by atoms with Gasteiger partial charge in [0.15, 0.2) is 5.82 Å². The highest BCUT2D eigenvalue weighted by Gasteiger charge is 2.35. The molecule has 1 aromatic rings. The predicted octanol–water partition coefficient (Wildman–Crippen LogP) is 5.52. The van der Waals surface area contributed by atoms with E-state index >= 15 is 8.78 Å². The average molecular weight is 433 g/mol. The molecule has 1 aromatic carbocycles. The molecule has 0 radical (unpaired) electrons. The van der Waals surface area contributed by atoms with Crippen molar-refractivity contribution in [2.45, 2.75) is 58.3 Å². The summed E-state index contributed by atoms with van der Waals surface area (Å²) in [7, 11) is 0. The molecule has 0 atom stereocenters. The molecular formula is C19H23BrF2O4. The largest absolute Gasteiger partial charge is 0.462 e. The van der Waals surface area contributed by atoms with Gasteiger partial charge in [-0.2, -0.15) is 0 Å². The molecule has 0 aromatic heterocycles. The van der Waals surface area contributed by atoms with Crippen LogP contribution in [-0.2, 0) is 9.47 Å². The third-order valence-electron chi connectivity index (χ3n) is 4.58. The molecule has 1 saturated carbocycles. The number of rotatable bonds is 5. The van der Waals surface area contributed by atoms with Crippen molar-refractivity contribution >= 4 is 27.9 Å². The topological polar surface area (TPSA) is 52.6 Å². The summed E-state index contributed by atoms with van der Waals surface area (Å²) in [6.07, 6.45) is 5.00. The number of carbonyl (C=O) groups is 2. The highest BCUT2D eigenvalue weighted by atomic mass is 79.9. The lowest BCUT2D eigenvalue weighted by atomic mass is 9.86. The van der Waals surface area contributed by atoms with E-state index in [9.17, 15) is 9.59 Å². The number of hydrogen-bond donors (Lipinski definition) is 0. The van der Waals surface area contributed by atoms with Crippen LogP contribution in [0.4, 0.5) is 8.78 Å². The minimum Gasteiger partial charge on any atom is -0.462 e. The van der Waals surface area contributed by atoms with Crippen LogP contribution in [0.5, 0.6) is 0 Å². The van der Waals surface area contributed by atoms with Crippen molar-refractivity contribution in [2.75, 3.05) is 13.2 Å². The van der Waals surface area contributed by atoms with Gasteiger partial charge >= 0.3 is 11.9 Å². The van der Waals surface area contributed by atoms with E-state index in [0.717, 1.165) is 25.7 Å². The van der Waals surface area contributed by atoms with Crippen molar-refractivity contribution < 1.29 is 27.8 Å². The van der Waals surface area contributed by atoms with E-state index < -0.39 is 39.2 Å². The highest BCUT2D eigenvalue weighted by molar-refractivity contribution is 9.10. The van der Waals surface area contributed by atoms with E-state index in [2.05, 4.69) is 15.9 Å². The van der Waals surface area contributed by atoms with Crippen LogP contribution in [0.3, 0.4) is 0 Å². The standard InChI is InChI=1S/C19H23BrF2O4/c1-3-25-18(23)13-12(11-9-7-5-6-8-10-11)16(21)14(15(20)17(13)22)19(24)26-4-2/h11H,3-10H2,1-2H3. The molecule has 2 rings (SSSR count). The molecule has 0 spiro atoms. The molecule has 1 fully saturated rings. The number of ether oxygens (including phenoxy) is 2. The lowest BCUT2D eigenvalue weighted by Crippen LogP contribution is -2.20. The molecule has 1 aliphatic rings. The molecule has 0 unspecified atom stereocenters.